The van der Waals surface area contributed by atoms with Crippen LogP contribution in [0.15, 0.2) is 176 Å². The van der Waals surface area contributed by atoms with Crippen LogP contribution in [0.25, 0.3) is 65.7 Å². The summed E-state index contributed by atoms with van der Waals surface area (Å²) in [7, 11) is 0. The molecule has 0 amide bonds. The lowest BCUT2D eigenvalue weighted by atomic mass is 9.81. The summed E-state index contributed by atoms with van der Waals surface area (Å²) in [6.07, 6.45) is 4.92. The quantitative estimate of drug-likeness (QED) is 0.160. The molecule has 1 nitrogen and oxygen atoms in total. The highest BCUT2D eigenvalue weighted by molar-refractivity contribution is 6.25. The Kier molecular flexibility index (Phi) is 7.54. The number of nitrogens with zero attached hydrogens (tertiary/aromatic N) is 1. The summed E-state index contributed by atoms with van der Waals surface area (Å²) in [6.45, 7) is 4.77. The van der Waals surface area contributed by atoms with Crippen LogP contribution in [0.2, 0.25) is 0 Å². The summed E-state index contributed by atoms with van der Waals surface area (Å²) < 4.78 is 0. The van der Waals surface area contributed by atoms with Crippen LogP contribution in [0.1, 0.15) is 48.9 Å². The van der Waals surface area contributed by atoms with Crippen molar-refractivity contribution in [3.05, 3.63) is 198 Å². The van der Waals surface area contributed by atoms with Gasteiger partial charge in [-0.3, -0.25) is 0 Å². The van der Waals surface area contributed by atoms with E-state index in [1.54, 1.807) is 0 Å². The van der Waals surface area contributed by atoms with Gasteiger partial charge in [-0.05, 0) is 144 Å². The normalized spacial score (nSPS) is 14.1. The number of benzene rings is 9. The SMILES string of the molecule is CC1(C)c2ccccc2-c2cc(-c3ccc(-c4cccc5c4CCCC5)cc3)c(N(c3ccccc3)c3ccc4c5ccccc5c5ccccc5c4c3)cc21. The molecule has 0 aliphatic heterocycles. The number of fused-ring (bicyclic) bond motifs is 10. The second kappa shape index (κ2) is 12.8. The highest BCUT2D eigenvalue weighted by Crippen LogP contribution is 2.54. The topological polar surface area (TPSA) is 3.24 Å². The monoisotopic (exact) mass is 717 g/mol. The Balaban J connectivity index is 1.16. The van der Waals surface area contributed by atoms with Gasteiger partial charge >= 0.3 is 0 Å². The number of anilines is 3. The van der Waals surface area contributed by atoms with Gasteiger partial charge in [0.15, 0.2) is 0 Å². The minimum atomic E-state index is -0.143. The molecule has 1 heteroatoms. The molecule has 0 unspecified atom stereocenters. The minimum absolute atomic E-state index is 0.143. The average molecular weight is 718 g/mol. The highest BCUT2D eigenvalue weighted by atomic mass is 15.1. The molecule has 0 aromatic heterocycles. The van der Waals surface area contributed by atoms with Crippen molar-refractivity contribution in [2.24, 2.45) is 0 Å². The molecule has 0 fully saturated rings. The van der Waals surface area contributed by atoms with Crippen molar-refractivity contribution < 1.29 is 0 Å². The molecule has 9 aromatic carbocycles. The molecule has 0 saturated heterocycles. The molecule has 0 radical (unpaired) electrons. The van der Waals surface area contributed by atoms with Gasteiger partial charge in [0.05, 0.1) is 5.69 Å². The first-order valence-corrected chi connectivity index (χ1v) is 20.2. The van der Waals surface area contributed by atoms with Crippen molar-refractivity contribution in [1.29, 1.82) is 0 Å². The Labute approximate surface area is 329 Å². The van der Waals surface area contributed by atoms with Gasteiger partial charge < -0.3 is 4.90 Å². The van der Waals surface area contributed by atoms with Crippen molar-refractivity contribution in [3.8, 4) is 33.4 Å². The number of aryl methyl sites for hydroxylation is 1. The zero-order valence-electron chi connectivity index (χ0n) is 32.0. The van der Waals surface area contributed by atoms with Gasteiger partial charge in [-0.25, -0.2) is 0 Å². The molecule has 9 aromatic rings. The Hall–Kier alpha value is -6.44. The van der Waals surface area contributed by atoms with Gasteiger partial charge in [0.25, 0.3) is 0 Å². The van der Waals surface area contributed by atoms with E-state index in [-0.39, 0.29) is 5.41 Å². The smallest absolute Gasteiger partial charge is 0.0543 e. The summed E-state index contributed by atoms with van der Waals surface area (Å²) >= 11 is 0. The van der Waals surface area contributed by atoms with Crippen molar-refractivity contribution in [2.45, 2.75) is 44.9 Å². The lowest BCUT2D eigenvalue weighted by Gasteiger charge is -2.31. The van der Waals surface area contributed by atoms with E-state index in [0.29, 0.717) is 0 Å². The van der Waals surface area contributed by atoms with E-state index in [4.69, 9.17) is 0 Å². The number of para-hydroxylation sites is 1. The Morgan fingerprint density at radius 1 is 0.393 bits per heavy atom. The van der Waals surface area contributed by atoms with Crippen LogP contribution in [0.4, 0.5) is 17.1 Å². The maximum Gasteiger partial charge on any atom is 0.0543 e. The maximum absolute atomic E-state index is 2.50. The van der Waals surface area contributed by atoms with E-state index in [1.165, 1.54) is 119 Å². The van der Waals surface area contributed by atoms with Crippen LogP contribution in [0, 0.1) is 0 Å². The minimum Gasteiger partial charge on any atom is -0.310 e. The molecule has 0 saturated carbocycles. The van der Waals surface area contributed by atoms with E-state index < -0.39 is 0 Å². The number of hydrogen-bond acceptors (Lipinski definition) is 1. The fourth-order valence-corrected chi connectivity index (χ4v) is 10.1. The molecule has 0 bridgehead atoms. The van der Waals surface area contributed by atoms with Gasteiger partial charge in [0.2, 0.25) is 0 Å². The second-order valence-corrected chi connectivity index (χ2v) is 16.3. The third-order valence-electron chi connectivity index (χ3n) is 12.8. The first-order chi connectivity index (χ1) is 27.5. The molecule has 2 aliphatic carbocycles. The lowest BCUT2D eigenvalue weighted by Crippen LogP contribution is -2.17. The molecule has 2 aliphatic rings. The van der Waals surface area contributed by atoms with Crippen molar-refractivity contribution in [2.75, 3.05) is 4.90 Å². The van der Waals surface area contributed by atoms with E-state index >= 15 is 0 Å². The Morgan fingerprint density at radius 2 is 0.982 bits per heavy atom. The molecule has 268 valence electrons. The van der Waals surface area contributed by atoms with Crippen LogP contribution in [0.5, 0.6) is 0 Å². The summed E-state index contributed by atoms with van der Waals surface area (Å²) in [5.41, 5.74) is 16.9. The van der Waals surface area contributed by atoms with E-state index in [1.807, 2.05) is 0 Å². The third kappa shape index (κ3) is 5.07. The zero-order valence-corrected chi connectivity index (χ0v) is 32.0. The number of rotatable bonds is 5. The fourth-order valence-electron chi connectivity index (χ4n) is 10.1. The molecular formula is C55H43N. The van der Waals surface area contributed by atoms with E-state index in [9.17, 15) is 0 Å². The lowest BCUT2D eigenvalue weighted by molar-refractivity contribution is 0.660. The standard InChI is InChI=1S/C55H43N/c1-55(2)52-26-13-12-24-48(52)51-34-49(38-29-27-37(28-30-38)42-25-14-16-36-15-6-7-19-41(36)42)54(35-53(51)55)56(39-17-4-3-5-18-39)40-31-32-47-45-22-9-8-20-43(45)44-21-10-11-23-46(44)50(47)33-40/h3-5,8-14,16-18,20-35H,6-7,15,19H2,1-2H3. The van der Waals surface area contributed by atoms with Crippen molar-refractivity contribution in [1.82, 2.24) is 0 Å². The molecule has 0 spiro atoms. The highest BCUT2D eigenvalue weighted by Gasteiger charge is 2.37. The van der Waals surface area contributed by atoms with Gasteiger partial charge in [-0.1, -0.05) is 153 Å². The first kappa shape index (κ1) is 32.9. The summed E-state index contributed by atoms with van der Waals surface area (Å²) in [5, 5.41) is 7.70. The summed E-state index contributed by atoms with van der Waals surface area (Å²) in [4.78, 5) is 2.50. The van der Waals surface area contributed by atoms with Crippen molar-refractivity contribution >= 4 is 49.4 Å². The van der Waals surface area contributed by atoms with Gasteiger partial charge in [-0.2, -0.15) is 0 Å². The Bertz CT molecular complexity index is 2950. The first-order valence-electron chi connectivity index (χ1n) is 20.2. The molecule has 56 heavy (non-hydrogen) atoms. The van der Waals surface area contributed by atoms with Crippen molar-refractivity contribution in [3.63, 3.8) is 0 Å². The third-order valence-corrected chi connectivity index (χ3v) is 12.8. The summed E-state index contributed by atoms with van der Waals surface area (Å²) in [6, 6.07) is 66.1. The molecule has 0 heterocycles. The van der Waals surface area contributed by atoms with Crippen LogP contribution >= 0.6 is 0 Å². The van der Waals surface area contributed by atoms with Crippen LogP contribution in [-0.2, 0) is 18.3 Å². The molecule has 0 atom stereocenters. The average Bonchev–Trinajstić information content (AvgIpc) is 3.48. The maximum atomic E-state index is 2.50. The molecular weight excluding hydrogens is 675 g/mol. The van der Waals surface area contributed by atoms with Gasteiger partial charge in [-0.15, -0.1) is 0 Å². The predicted octanol–water partition coefficient (Wildman–Crippen LogP) is 15.1. The van der Waals surface area contributed by atoms with Gasteiger partial charge in [0, 0.05) is 22.4 Å². The van der Waals surface area contributed by atoms with Crippen LogP contribution < -0.4 is 4.90 Å². The second-order valence-electron chi connectivity index (χ2n) is 16.3. The number of hydrogen-bond donors (Lipinski definition) is 0. The zero-order chi connectivity index (χ0) is 37.4. The largest absolute Gasteiger partial charge is 0.310 e. The van der Waals surface area contributed by atoms with E-state index in [2.05, 4.69) is 195 Å². The molecule has 0 N–H and O–H groups in total. The van der Waals surface area contributed by atoms with Crippen LogP contribution in [-0.4, -0.2) is 0 Å². The van der Waals surface area contributed by atoms with Crippen LogP contribution in [0.3, 0.4) is 0 Å². The predicted molar refractivity (Wildman–Crippen MR) is 239 cm³/mol. The summed E-state index contributed by atoms with van der Waals surface area (Å²) in [5.74, 6) is 0. The van der Waals surface area contributed by atoms with E-state index in [0.717, 1.165) is 11.4 Å². The molecule has 11 rings (SSSR count). The Morgan fingerprint density at radius 3 is 1.71 bits per heavy atom. The fraction of sp³-hybridized carbons (Fsp3) is 0.127. The van der Waals surface area contributed by atoms with Gasteiger partial charge in [0.1, 0.15) is 0 Å².